The van der Waals surface area contributed by atoms with Crippen LogP contribution in [-0.2, 0) is 11.2 Å². The highest BCUT2D eigenvalue weighted by Crippen LogP contribution is 2.24. The van der Waals surface area contributed by atoms with Crippen molar-refractivity contribution in [1.29, 1.82) is 0 Å². The molecule has 0 saturated heterocycles. The highest BCUT2D eigenvalue weighted by atomic mass is 16.5. The van der Waals surface area contributed by atoms with Crippen LogP contribution < -0.4 is 4.74 Å². The van der Waals surface area contributed by atoms with E-state index in [1.54, 1.807) is 14.2 Å². The van der Waals surface area contributed by atoms with E-state index in [1.165, 1.54) is 4.90 Å². The summed E-state index contributed by atoms with van der Waals surface area (Å²) in [6, 6.07) is 5.72. The Hall–Kier alpha value is -2.01. The number of methoxy groups -OCH3 is 1. The number of carbonyl (C=O) groups excluding carboxylic acids is 1. The van der Waals surface area contributed by atoms with Gasteiger partial charge < -0.3 is 19.7 Å². The number of ether oxygens (including phenoxy) is 1. The zero-order valence-corrected chi connectivity index (χ0v) is 11.1. The summed E-state index contributed by atoms with van der Waals surface area (Å²) in [5.41, 5.74) is 1.91. The van der Waals surface area contributed by atoms with E-state index in [4.69, 9.17) is 9.84 Å². The number of H-pyrrole nitrogens is 1. The van der Waals surface area contributed by atoms with Crippen LogP contribution in [0, 0.1) is 0 Å². The number of benzene rings is 1. The molecule has 0 aliphatic heterocycles. The van der Waals surface area contributed by atoms with Gasteiger partial charge in [-0.1, -0.05) is 0 Å². The Morgan fingerprint density at radius 1 is 1.47 bits per heavy atom. The van der Waals surface area contributed by atoms with Crippen molar-refractivity contribution in [3.8, 4) is 5.75 Å². The number of nitrogens with one attached hydrogen (secondary N) is 1. The minimum atomic E-state index is -0.0239. The molecule has 0 aliphatic carbocycles. The molecule has 0 radical (unpaired) electrons. The summed E-state index contributed by atoms with van der Waals surface area (Å²) in [5.74, 6) is 0.752. The highest BCUT2D eigenvalue weighted by molar-refractivity contribution is 5.89. The molecule has 0 atom stereocenters. The van der Waals surface area contributed by atoms with Crippen molar-refractivity contribution in [1.82, 2.24) is 9.88 Å². The van der Waals surface area contributed by atoms with Gasteiger partial charge in [0.15, 0.2) is 0 Å². The standard InChI is InChI=1S/C14H18N2O3/c1-16(5-6-17)14(18)7-10-9-15-13-4-3-11(19-2)8-12(10)13/h3-4,8-9,15,17H,5-7H2,1-2H3. The number of carbonyl (C=O) groups is 1. The average Bonchev–Trinajstić information content (AvgIpc) is 2.81. The maximum absolute atomic E-state index is 12.0. The van der Waals surface area contributed by atoms with Crippen molar-refractivity contribution >= 4 is 16.8 Å². The third kappa shape index (κ3) is 2.88. The van der Waals surface area contributed by atoms with Gasteiger partial charge in [-0.15, -0.1) is 0 Å². The van der Waals surface area contributed by atoms with Crippen LogP contribution in [0.4, 0.5) is 0 Å². The quantitative estimate of drug-likeness (QED) is 0.850. The fraction of sp³-hybridized carbons (Fsp3) is 0.357. The van der Waals surface area contributed by atoms with Crippen LogP contribution in [0.15, 0.2) is 24.4 Å². The lowest BCUT2D eigenvalue weighted by Crippen LogP contribution is -2.30. The molecule has 19 heavy (non-hydrogen) atoms. The smallest absolute Gasteiger partial charge is 0.226 e. The largest absolute Gasteiger partial charge is 0.497 e. The maximum Gasteiger partial charge on any atom is 0.226 e. The van der Waals surface area contributed by atoms with Gasteiger partial charge in [0.1, 0.15) is 5.75 Å². The minimum Gasteiger partial charge on any atom is -0.497 e. The number of aromatic amines is 1. The van der Waals surface area contributed by atoms with Gasteiger partial charge in [-0.2, -0.15) is 0 Å². The number of aliphatic hydroxyl groups is 1. The molecule has 1 aromatic heterocycles. The van der Waals surface area contributed by atoms with Gasteiger partial charge in [-0.25, -0.2) is 0 Å². The molecule has 0 spiro atoms. The van der Waals surface area contributed by atoms with Crippen LogP contribution in [0.25, 0.3) is 10.9 Å². The third-order valence-electron chi connectivity index (χ3n) is 3.18. The number of hydrogen-bond donors (Lipinski definition) is 2. The SMILES string of the molecule is COc1ccc2[nH]cc(CC(=O)N(C)CCO)c2c1. The normalized spacial score (nSPS) is 10.7. The Morgan fingerprint density at radius 3 is 2.95 bits per heavy atom. The number of likely N-dealkylation sites (N-methyl/N-ethyl adjacent to an activating group) is 1. The van der Waals surface area contributed by atoms with Crippen molar-refractivity contribution in [2.75, 3.05) is 27.3 Å². The molecule has 0 saturated carbocycles. The van der Waals surface area contributed by atoms with Gasteiger partial charge in [0.05, 0.1) is 20.1 Å². The predicted molar refractivity (Wildman–Crippen MR) is 73.3 cm³/mol. The first-order valence-corrected chi connectivity index (χ1v) is 6.14. The molecule has 5 nitrogen and oxygen atoms in total. The van der Waals surface area contributed by atoms with Gasteiger partial charge in [0, 0.05) is 30.7 Å². The Bertz CT molecular complexity index is 577. The molecule has 1 amide bonds. The molecule has 1 aromatic carbocycles. The number of rotatable bonds is 5. The van der Waals surface area contributed by atoms with Crippen LogP contribution >= 0.6 is 0 Å². The maximum atomic E-state index is 12.0. The van der Waals surface area contributed by atoms with Crippen LogP contribution in [0.5, 0.6) is 5.75 Å². The van der Waals surface area contributed by atoms with Crippen molar-refractivity contribution in [3.63, 3.8) is 0 Å². The third-order valence-corrected chi connectivity index (χ3v) is 3.18. The topological polar surface area (TPSA) is 65.6 Å². The number of nitrogens with zero attached hydrogens (tertiary/aromatic N) is 1. The molecule has 0 bridgehead atoms. The van der Waals surface area contributed by atoms with Crippen LogP contribution in [0.3, 0.4) is 0 Å². The van der Waals surface area contributed by atoms with Crippen molar-refractivity contribution in [3.05, 3.63) is 30.0 Å². The number of aliphatic hydroxyl groups excluding tert-OH is 1. The van der Waals surface area contributed by atoms with Crippen LogP contribution in [-0.4, -0.2) is 48.2 Å². The molecular formula is C14H18N2O3. The molecule has 102 valence electrons. The summed E-state index contributed by atoms with van der Waals surface area (Å²) in [7, 11) is 3.31. The fourth-order valence-corrected chi connectivity index (χ4v) is 2.00. The molecular weight excluding hydrogens is 244 g/mol. The fourth-order valence-electron chi connectivity index (χ4n) is 2.00. The molecule has 5 heteroatoms. The first kappa shape index (κ1) is 13.4. The summed E-state index contributed by atoms with van der Waals surface area (Å²) >= 11 is 0. The van der Waals surface area contributed by atoms with Crippen LogP contribution in [0.1, 0.15) is 5.56 Å². The van der Waals surface area contributed by atoms with Crippen molar-refractivity contribution in [2.45, 2.75) is 6.42 Å². The Morgan fingerprint density at radius 2 is 2.26 bits per heavy atom. The second kappa shape index (κ2) is 5.75. The van der Waals surface area contributed by atoms with Crippen molar-refractivity contribution in [2.24, 2.45) is 0 Å². The van der Waals surface area contributed by atoms with E-state index < -0.39 is 0 Å². The molecule has 2 N–H and O–H groups in total. The molecule has 0 unspecified atom stereocenters. The molecule has 0 fully saturated rings. The Labute approximate surface area is 111 Å². The molecule has 2 rings (SSSR count). The Balaban J connectivity index is 2.23. The van der Waals surface area contributed by atoms with Gasteiger partial charge in [0.25, 0.3) is 0 Å². The Kier molecular flexibility index (Phi) is 4.06. The zero-order chi connectivity index (χ0) is 13.8. The summed E-state index contributed by atoms with van der Waals surface area (Å²) in [4.78, 5) is 16.6. The van der Waals surface area contributed by atoms with E-state index in [0.29, 0.717) is 13.0 Å². The summed E-state index contributed by atoms with van der Waals surface area (Å²) in [6.07, 6.45) is 2.15. The molecule has 2 aromatic rings. The summed E-state index contributed by atoms with van der Waals surface area (Å²) < 4.78 is 5.20. The van der Waals surface area contributed by atoms with Gasteiger partial charge in [-0.3, -0.25) is 4.79 Å². The monoisotopic (exact) mass is 262 g/mol. The van der Waals surface area contributed by atoms with Gasteiger partial charge in [-0.05, 0) is 23.8 Å². The number of hydrogen-bond acceptors (Lipinski definition) is 3. The zero-order valence-electron chi connectivity index (χ0n) is 11.1. The molecule has 1 heterocycles. The van der Waals surface area contributed by atoms with E-state index >= 15 is 0 Å². The van der Waals surface area contributed by atoms with E-state index in [-0.39, 0.29) is 12.5 Å². The lowest BCUT2D eigenvalue weighted by Gasteiger charge is -2.15. The minimum absolute atomic E-state index is 0.0160. The summed E-state index contributed by atoms with van der Waals surface area (Å²) in [5, 5.41) is 9.83. The lowest BCUT2D eigenvalue weighted by atomic mass is 10.1. The van der Waals surface area contributed by atoms with E-state index in [1.807, 2.05) is 24.4 Å². The first-order valence-electron chi connectivity index (χ1n) is 6.14. The second-order valence-electron chi connectivity index (χ2n) is 4.44. The number of fused-ring (bicyclic) bond motifs is 1. The number of amides is 1. The second-order valence-corrected chi connectivity index (χ2v) is 4.44. The van der Waals surface area contributed by atoms with Crippen LogP contribution in [0.2, 0.25) is 0 Å². The summed E-state index contributed by atoms with van der Waals surface area (Å²) in [6.45, 7) is 0.328. The molecule has 0 aliphatic rings. The van der Waals surface area contributed by atoms with E-state index in [2.05, 4.69) is 4.98 Å². The van der Waals surface area contributed by atoms with Gasteiger partial charge in [0.2, 0.25) is 5.91 Å². The highest BCUT2D eigenvalue weighted by Gasteiger charge is 2.12. The van der Waals surface area contributed by atoms with E-state index in [9.17, 15) is 4.79 Å². The van der Waals surface area contributed by atoms with E-state index in [0.717, 1.165) is 22.2 Å². The van der Waals surface area contributed by atoms with Crippen molar-refractivity contribution < 1.29 is 14.6 Å². The van der Waals surface area contributed by atoms with Gasteiger partial charge >= 0.3 is 0 Å². The average molecular weight is 262 g/mol. The first-order chi connectivity index (χ1) is 9.15. The lowest BCUT2D eigenvalue weighted by molar-refractivity contribution is -0.129. The number of aromatic nitrogens is 1. The predicted octanol–water partition coefficient (Wildman–Crippen LogP) is 1.17.